The molecule has 1 aromatic carbocycles. The lowest BCUT2D eigenvalue weighted by Gasteiger charge is -2.10. The monoisotopic (exact) mass is 446 g/mol. The van der Waals surface area contributed by atoms with Crippen LogP contribution in [0.1, 0.15) is 12.6 Å². The van der Waals surface area contributed by atoms with E-state index < -0.39 is 34.7 Å². The van der Waals surface area contributed by atoms with Crippen molar-refractivity contribution in [2.24, 2.45) is 0 Å². The van der Waals surface area contributed by atoms with Crippen LogP contribution < -0.4 is 5.32 Å². The van der Waals surface area contributed by atoms with Gasteiger partial charge in [-0.3, -0.25) is 4.79 Å². The molecule has 152 valence electrons. The molecular weight excluding hydrogens is 435 g/mol. The Labute approximate surface area is 169 Å². The molecule has 0 spiro atoms. The minimum atomic E-state index is -4.61. The number of nitrogens with one attached hydrogen (secondary N) is 1. The zero-order valence-electron chi connectivity index (χ0n) is 14.5. The zero-order valence-corrected chi connectivity index (χ0v) is 16.1. The van der Waals surface area contributed by atoms with Gasteiger partial charge in [0.25, 0.3) is 0 Å². The third kappa shape index (κ3) is 5.26. The van der Waals surface area contributed by atoms with Crippen LogP contribution in [0.2, 0.25) is 0 Å². The molecule has 0 radical (unpaired) electrons. The molecule has 0 bridgehead atoms. The van der Waals surface area contributed by atoms with Gasteiger partial charge in [0, 0.05) is 17.1 Å². The number of hydrogen-bond donors (Lipinski definition) is 1. The van der Waals surface area contributed by atoms with Crippen LogP contribution in [0.25, 0.3) is 11.3 Å². The van der Waals surface area contributed by atoms with Gasteiger partial charge in [0.2, 0.25) is 5.91 Å². The van der Waals surface area contributed by atoms with Crippen LogP contribution >= 0.6 is 23.1 Å². The van der Waals surface area contributed by atoms with Crippen molar-refractivity contribution in [2.45, 2.75) is 23.5 Å². The normalized spacial score (nSPS) is 12.6. The van der Waals surface area contributed by atoms with E-state index in [0.717, 1.165) is 47.5 Å². The van der Waals surface area contributed by atoms with Crippen molar-refractivity contribution in [3.63, 3.8) is 0 Å². The maximum Gasteiger partial charge on any atom is 0.433 e. The fraction of sp³-hybridized carbons (Fsp3) is 0.176. The van der Waals surface area contributed by atoms with Crippen molar-refractivity contribution in [1.82, 2.24) is 15.0 Å². The number of anilines is 1. The van der Waals surface area contributed by atoms with E-state index in [2.05, 4.69) is 20.3 Å². The van der Waals surface area contributed by atoms with Crippen molar-refractivity contribution >= 4 is 34.1 Å². The highest BCUT2D eigenvalue weighted by molar-refractivity contribution is 8.00. The Morgan fingerprint density at radius 3 is 2.62 bits per heavy atom. The number of hydrogen-bond acceptors (Lipinski definition) is 6. The van der Waals surface area contributed by atoms with E-state index in [1.807, 2.05) is 0 Å². The molecule has 2 heterocycles. The zero-order chi connectivity index (χ0) is 21.2. The number of amides is 1. The molecule has 3 aromatic rings. The number of thiazole rings is 1. The highest BCUT2D eigenvalue weighted by atomic mass is 32.2. The van der Waals surface area contributed by atoms with Crippen LogP contribution in [0.5, 0.6) is 0 Å². The van der Waals surface area contributed by atoms with E-state index in [9.17, 15) is 26.7 Å². The minimum absolute atomic E-state index is 0.191. The number of rotatable bonds is 5. The van der Waals surface area contributed by atoms with Gasteiger partial charge < -0.3 is 5.32 Å². The number of nitrogens with zero attached hydrogens (tertiary/aromatic N) is 3. The molecule has 3 rings (SSSR count). The van der Waals surface area contributed by atoms with Gasteiger partial charge in [0.1, 0.15) is 5.69 Å². The topological polar surface area (TPSA) is 67.8 Å². The highest BCUT2D eigenvalue weighted by Crippen LogP contribution is 2.30. The fourth-order valence-corrected chi connectivity index (χ4v) is 3.57. The minimum Gasteiger partial charge on any atom is -0.301 e. The first kappa shape index (κ1) is 21.1. The molecule has 0 fully saturated rings. The van der Waals surface area contributed by atoms with Crippen molar-refractivity contribution in [2.75, 3.05) is 5.32 Å². The molecule has 2 aromatic heterocycles. The highest BCUT2D eigenvalue weighted by Gasteiger charge is 2.33. The first-order valence-electron chi connectivity index (χ1n) is 7.92. The molecule has 0 aliphatic carbocycles. The van der Waals surface area contributed by atoms with E-state index in [4.69, 9.17) is 0 Å². The molecule has 12 heteroatoms. The number of carbonyl (C=O) groups is 1. The summed E-state index contributed by atoms with van der Waals surface area (Å²) in [6, 6.07) is 4.04. The summed E-state index contributed by atoms with van der Waals surface area (Å²) in [5.74, 6) is -2.53. The standard InChI is InChI=1S/C17H11F5N4OS2/c1-8(29-15-23-5-4-13(25-15)17(20,21)22)14(27)26-16-24-12(7-28-16)9-2-3-10(18)11(19)6-9/h2-8H,1H3,(H,24,26,27). The second-order valence-corrected chi connectivity index (χ2v) is 7.80. The fourth-order valence-electron chi connectivity index (χ4n) is 2.09. The predicted octanol–water partition coefficient (Wildman–Crippen LogP) is 5.02. The number of aromatic nitrogens is 3. The van der Waals surface area contributed by atoms with Crippen molar-refractivity contribution in [3.8, 4) is 11.3 Å². The Bertz CT molecular complexity index is 1040. The summed E-state index contributed by atoms with van der Waals surface area (Å²) in [6.45, 7) is 1.48. The molecule has 0 saturated heterocycles. The van der Waals surface area contributed by atoms with Crippen molar-refractivity contribution in [3.05, 3.63) is 53.2 Å². The third-order valence-electron chi connectivity index (χ3n) is 3.53. The van der Waals surface area contributed by atoms with Gasteiger partial charge in [-0.15, -0.1) is 11.3 Å². The largest absolute Gasteiger partial charge is 0.433 e. The quantitative estimate of drug-likeness (QED) is 0.339. The van der Waals surface area contributed by atoms with Crippen LogP contribution in [0, 0.1) is 11.6 Å². The number of carbonyl (C=O) groups excluding carboxylic acids is 1. The van der Waals surface area contributed by atoms with Gasteiger partial charge >= 0.3 is 6.18 Å². The number of halogens is 5. The second-order valence-electron chi connectivity index (χ2n) is 5.64. The lowest BCUT2D eigenvalue weighted by Crippen LogP contribution is -2.22. The maximum atomic E-state index is 13.3. The lowest BCUT2D eigenvalue weighted by atomic mass is 10.2. The summed E-state index contributed by atoms with van der Waals surface area (Å²) in [4.78, 5) is 23.6. The third-order valence-corrected chi connectivity index (χ3v) is 5.26. The molecule has 29 heavy (non-hydrogen) atoms. The second kappa shape index (κ2) is 8.41. The van der Waals surface area contributed by atoms with E-state index in [-0.39, 0.29) is 10.3 Å². The molecule has 1 atom stereocenters. The molecule has 0 aliphatic rings. The SMILES string of the molecule is CC(Sc1nccc(C(F)(F)F)n1)C(=O)Nc1nc(-c2ccc(F)c(F)c2)cs1. The van der Waals surface area contributed by atoms with Crippen LogP contribution in [-0.4, -0.2) is 26.1 Å². The maximum absolute atomic E-state index is 13.3. The van der Waals surface area contributed by atoms with Gasteiger partial charge in [0.15, 0.2) is 21.9 Å². The molecular formula is C17H11F5N4OS2. The van der Waals surface area contributed by atoms with Gasteiger partial charge in [-0.25, -0.2) is 23.7 Å². The Morgan fingerprint density at radius 2 is 1.93 bits per heavy atom. The Kier molecular flexibility index (Phi) is 6.13. The average molecular weight is 446 g/mol. The lowest BCUT2D eigenvalue weighted by molar-refractivity contribution is -0.141. The first-order chi connectivity index (χ1) is 13.6. The Hall–Kier alpha value is -2.60. The summed E-state index contributed by atoms with van der Waals surface area (Å²) >= 11 is 1.82. The summed E-state index contributed by atoms with van der Waals surface area (Å²) in [5.41, 5.74) is -0.426. The number of benzene rings is 1. The van der Waals surface area contributed by atoms with Crippen molar-refractivity contribution in [1.29, 1.82) is 0 Å². The molecule has 1 amide bonds. The Balaban J connectivity index is 1.66. The van der Waals surface area contributed by atoms with Gasteiger partial charge in [-0.2, -0.15) is 13.2 Å². The van der Waals surface area contributed by atoms with Crippen molar-refractivity contribution < 1.29 is 26.7 Å². The van der Waals surface area contributed by atoms with Crippen LogP contribution in [0.4, 0.5) is 27.1 Å². The van der Waals surface area contributed by atoms with Crippen LogP contribution in [0.3, 0.4) is 0 Å². The Morgan fingerprint density at radius 1 is 1.17 bits per heavy atom. The van der Waals surface area contributed by atoms with Crippen LogP contribution in [-0.2, 0) is 11.0 Å². The predicted molar refractivity (Wildman–Crippen MR) is 98.4 cm³/mol. The number of thioether (sulfide) groups is 1. The summed E-state index contributed by atoms with van der Waals surface area (Å²) in [7, 11) is 0. The van der Waals surface area contributed by atoms with E-state index >= 15 is 0 Å². The van der Waals surface area contributed by atoms with E-state index in [0.29, 0.717) is 11.3 Å². The van der Waals surface area contributed by atoms with Gasteiger partial charge in [0.05, 0.1) is 10.9 Å². The van der Waals surface area contributed by atoms with Gasteiger partial charge in [-0.1, -0.05) is 11.8 Å². The molecule has 0 aliphatic heterocycles. The smallest absolute Gasteiger partial charge is 0.301 e. The molecule has 1 N–H and O–H groups in total. The first-order valence-corrected chi connectivity index (χ1v) is 9.68. The van der Waals surface area contributed by atoms with Crippen LogP contribution in [0.15, 0.2) is 41.0 Å². The summed E-state index contributed by atoms with van der Waals surface area (Å²) in [5, 5.41) is 3.28. The van der Waals surface area contributed by atoms with E-state index in [1.54, 1.807) is 5.38 Å². The molecule has 5 nitrogen and oxygen atoms in total. The average Bonchev–Trinajstić information content (AvgIpc) is 3.12. The summed E-state index contributed by atoms with van der Waals surface area (Å²) < 4.78 is 64.5. The van der Waals surface area contributed by atoms with Gasteiger partial charge in [-0.05, 0) is 31.2 Å². The number of alkyl halides is 3. The molecule has 1 unspecified atom stereocenters. The van der Waals surface area contributed by atoms with E-state index in [1.165, 1.54) is 13.0 Å². The molecule has 0 saturated carbocycles. The summed E-state index contributed by atoms with van der Waals surface area (Å²) in [6.07, 6.45) is -3.64.